The minimum atomic E-state index is -0.534. The third-order valence-electron chi connectivity index (χ3n) is 6.76. The SMILES string of the molecule is CNC(=O)C1CN(Cc2ccccc2)CC12CN(C(=O)Cn1c(=O)oc3ccccc31)C2. The molecule has 5 rings (SSSR count). The van der Waals surface area contributed by atoms with Crippen molar-refractivity contribution in [1.82, 2.24) is 19.7 Å². The first-order valence-corrected chi connectivity index (χ1v) is 10.8. The Hall–Kier alpha value is -3.39. The minimum Gasteiger partial charge on any atom is -0.408 e. The number of nitrogens with one attached hydrogen (secondary N) is 1. The molecule has 3 heterocycles. The molecule has 8 nitrogen and oxygen atoms in total. The van der Waals surface area contributed by atoms with Crippen molar-refractivity contribution in [3.05, 3.63) is 70.7 Å². The van der Waals surface area contributed by atoms with Crippen molar-refractivity contribution >= 4 is 22.9 Å². The second-order valence-corrected chi connectivity index (χ2v) is 8.86. The van der Waals surface area contributed by atoms with Crippen LogP contribution in [0.5, 0.6) is 0 Å². The minimum absolute atomic E-state index is 0.0182. The van der Waals surface area contributed by atoms with Crippen LogP contribution in [-0.4, -0.2) is 59.4 Å². The summed E-state index contributed by atoms with van der Waals surface area (Å²) in [5, 5.41) is 2.80. The van der Waals surface area contributed by atoms with Gasteiger partial charge in [-0.2, -0.15) is 0 Å². The van der Waals surface area contributed by atoms with E-state index in [4.69, 9.17) is 4.42 Å². The number of fused-ring (bicyclic) bond motifs is 1. The van der Waals surface area contributed by atoms with Gasteiger partial charge in [-0.15, -0.1) is 0 Å². The van der Waals surface area contributed by atoms with Gasteiger partial charge in [0.15, 0.2) is 5.58 Å². The van der Waals surface area contributed by atoms with Gasteiger partial charge in [-0.3, -0.25) is 19.1 Å². The summed E-state index contributed by atoms with van der Waals surface area (Å²) in [7, 11) is 1.66. The number of oxazole rings is 1. The highest BCUT2D eigenvalue weighted by molar-refractivity contribution is 5.83. The summed E-state index contributed by atoms with van der Waals surface area (Å²) in [4.78, 5) is 41.9. The number of amides is 2. The van der Waals surface area contributed by atoms with Crippen LogP contribution >= 0.6 is 0 Å². The number of carbonyl (C=O) groups excluding carboxylic acids is 2. The Morgan fingerprint density at radius 2 is 1.78 bits per heavy atom. The molecule has 166 valence electrons. The predicted octanol–water partition coefficient (Wildman–Crippen LogP) is 1.30. The van der Waals surface area contributed by atoms with Crippen LogP contribution in [0.3, 0.4) is 0 Å². The van der Waals surface area contributed by atoms with Gasteiger partial charge in [-0.25, -0.2) is 4.79 Å². The van der Waals surface area contributed by atoms with Crippen LogP contribution in [0.25, 0.3) is 11.1 Å². The van der Waals surface area contributed by atoms with E-state index in [-0.39, 0.29) is 29.7 Å². The van der Waals surface area contributed by atoms with Gasteiger partial charge in [0.1, 0.15) is 6.54 Å². The van der Waals surface area contributed by atoms with Crippen molar-refractivity contribution in [1.29, 1.82) is 0 Å². The Kier molecular flexibility index (Phi) is 5.09. The average molecular weight is 434 g/mol. The largest absolute Gasteiger partial charge is 0.420 e. The number of aromatic nitrogens is 1. The third kappa shape index (κ3) is 3.50. The number of likely N-dealkylation sites (tertiary alicyclic amines) is 2. The molecule has 1 atom stereocenters. The highest BCUT2D eigenvalue weighted by Crippen LogP contribution is 2.44. The molecule has 3 aromatic rings. The van der Waals surface area contributed by atoms with E-state index < -0.39 is 5.76 Å². The van der Waals surface area contributed by atoms with Gasteiger partial charge in [0.2, 0.25) is 11.8 Å². The van der Waals surface area contributed by atoms with Crippen molar-refractivity contribution in [2.75, 3.05) is 33.2 Å². The molecule has 2 saturated heterocycles. The molecule has 1 unspecified atom stereocenters. The van der Waals surface area contributed by atoms with Crippen LogP contribution in [-0.2, 0) is 22.7 Å². The van der Waals surface area contributed by atoms with Crippen LogP contribution in [0.2, 0.25) is 0 Å². The fourth-order valence-corrected chi connectivity index (χ4v) is 5.18. The number of rotatable bonds is 5. The Bertz CT molecular complexity index is 1210. The molecule has 2 aliphatic rings. The normalized spacial score (nSPS) is 19.9. The number of para-hydroxylation sites is 2. The van der Waals surface area contributed by atoms with Gasteiger partial charge in [-0.05, 0) is 17.7 Å². The summed E-state index contributed by atoms with van der Waals surface area (Å²) < 4.78 is 6.61. The summed E-state index contributed by atoms with van der Waals surface area (Å²) in [6.45, 7) is 3.17. The maximum absolute atomic E-state index is 13.0. The van der Waals surface area contributed by atoms with Crippen molar-refractivity contribution in [2.45, 2.75) is 13.1 Å². The lowest BCUT2D eigenvalue weighted by Gasteiger charge is -2.50. The molecular formula is C24H26N4O4. The Morgan fingerprint density at radius 1 is 1.06 bits per heavy atom. The summed E-state index contributed by atoms with van der Waals surface area (Å²) in [6.07, 6.45) is 0. The molecule has 2 fully saturated rings. The molecule has 2 amide bonds. The monoisotopic (exact) mass is 434 g/mol. The highest BCUT2D eigenvalue weighted by Gasteiger charge is 2.57. The summed E-state index contributed by atoms with van der Waals surface area (Å²) in [5.74, 6) is -0.822. The quantitative estimate of drug-likeness (QED) is 0.654. The van der Waals surface area contributed by atoms with E-state index in [1.54, 1.807) is 30.1 Å². The van der Waals surface area contributed by atoms with Crippen molar-refractivity contribution < 1.29 is 14.0 Å². The van der Waals surface area contributed by atoms with Crippen LogP contribution < -0.4 is 11.1 Å². The van der Waals surface area contributed by atoms with Gasteiger partial charge in [0.25, 0.3) is 0 Å². The van der Waals surface area contributed by atoms with Crippen LogP contribution in [0.15, 0.2) is 63.8 Å². The molecule has 1 aromatic heterocycles. The zero-order chi connectivity index (χ0) is 22.3. The number of carbonyl (C=O) groups is 2. The van der Waals surface area contributed by atoms with Crippen molar-refractivity contribution in [3.63, 3.8) is 0 Å². The smallest absolute Gasteiger partial charge is 0.408 e. The lowest BCUT2D eigenvalue weighted by Crippen LogP contribution is -2.64. The molecule has 0 saturated carbocycles. The van der Waals surface area contributed by atoms with Crippen LogP contribution in [0.4, 0.5) is 0 Å². The molecule has 1 N–H and O–H groups in total. The molecule has 0 bridgehead atoms. The second kappa shape index (κ2) is 7.94. The lowest BCUT2D eigenvalue weighted by molar-refractivity contribution is -0.150. The number of nitrogens with zero attached hydrogens (tertiary/aromatic N) is 3. The van der Waals surface area contributed by atoms with Gasteiger partial charge in [0, 0.05) is 45.2 Å². The zero-order valence-electron chi connectivity index (χ0n) is 18.0. The standard InChI is InChI=1S/C24H26N4O4/c1-25-22(30)18-12-26(11-17-7-3-2-4-8-17)14-24(18)15-27(16-24)21(29)13-28-19-9-5-6-10-20(19)32-23(28)31/h2-10,18H,11-16H2,1H3,(H,25,30). The first-order valence-electron chi connectivity index (χ1n) is 10.8. The van der Waals surface area contributed by atoms with E-state index in [1.807, 2.05) is 24.3 Å². The maximum atomic E-state index is 13.0. The number of hydrogen-bond acceptors (Lipinski definition) is 5. The Balaban J connectivity index is 1.29. The van der Waals surface area contributed by atoms with E-state index in [0.29, 0.717) is 30.7 Å². The molecule has 0 aliphatic carbocycles. The fraction of sp³-hybridized carbons (Fsp3) is 0.375. The van der Waals surface area contributed by atoms with E-state index in [9.17, 15) is 14.4 Å². The summed E-state index contributed by atoms with van der Waals surface area (Å²) >= 11 is 0. The lowest BCUT2D eigenvalue weighted by atomic mass is 9.71. The average Bonchev–Trinajstić information content (AvgIpc) is 3.31. The third-order valence-corrected chi connectivity index (χ3v) is 6.76. The summed E-state index contributed by atoms with van der Waals surface area (Å²) in [5.41, 5.74) is 2.03. The summed E-state index contributed by atoms with van der Waals surface area (Å²) in [6, 6.07) is 17.3. The van der Waals surface area contributed by atoms with Gasteiger partial charge in [-0.1, -0.05) is 42.5 Å². The van der Waals surface area contributed by atoms with Crippen LogP contribution in [0.1, 0.15) is 5.56 Å². The Labute approximate surface area is 185 Å². The molecule has 2 aromatic carbocycles. The van der Waals surface area contributed by atoms with E-state index in [1.165, 1.54) is 10.1 Å². The van der Waals surface area contributed by atoms with Crippen molar-refractivity contribution in [3.8, 4) is 0 Å². The molecule has 2 aliphatic heterocycles. The first kappa shape index (κ1) is 20.5. The molecule has 1 spiro atoms. The topological polar surface area (TPSA) is 87.8 Å². The molecule has 8 heteroatoms. The second-order valence-electron chi connectivity index (χ2n) is 8.86. The molecular weight excluding hydrogens is 408 g/mol. The molecule has 32 heavy (non-hydrogen) atoms. The van der Waals surface area contributed by atoms with E-state index in [2.05, 4.69) is 22.3 Å². The van der Waals surface area contributed by atoms with E-state index >= 15 is 0 Å². The highest BCUT2D eigenvalue weighted by atomic mass is 16.4. The maximum Gasteiger partial charge on any atom is 0.420 e. The fourth-order valence-electron chi connectivity index (χ4n) is 5.18. The van der Waals surface area contributed by atoms with E-state index in [0.717, 1.165) is 13.1 Å². The predicted molar refractivity (Wildman–Crippen MR) is 119 cm³/mol. The van der Waals surface area contributed by atoms with Gasteiger partial charge >= 0.3 is 5.76 Å². The van der Waals surface area contributed by atoms with Gasteiger partial charge in [0.05, 0.1) is 11.4 Å². The van der Waals surface area contributed by atoms with Crippen LogP contribution in [0, 0.1) is 11.3 Å². The Morgan fingerprint density at radius 3 is 2.53 bits per heavy atom. The zero-order valence-corrected chi connectivity index (χ0v) is 18.0. The number of benzene rings is 2. The number of hydrogen-bond donors (Lipinski definition) is 1. The van der Waals surface area contributed by atoms with Crippen molar-refractivity contribution in [2.24, 2.45) is 11.3 Å². The first-order chi connectivity index (χ1) is 15.5. The van der Waals surface area contributed by atoms with Gasteiger partial charge < -0.3 is 14.6 Å². The molecule has 0 radical (unpaired) electrons.